The SMILES string of the molecule is Nc1ccc([N+](=O)[O-])c(-c2cnccn2)n1. The largest absolute Gasteiger partial charge is 0.384 e. The number of aromatic nitrogens is 3. The standard InChI is InChI=1S/C9H7N5O2/c10-8-2-1-7(14(15)16)9(13-8)6-5-11-3-4-12-6/h1-5H,(H2,10,13). The van der Waals surface area contributed by atoms with Gasteiger partial charge in [-0.15, -0.1) is 0 Å². The van der Waals surface area contributed by atoms with Gasteiger partial charge in [0.15, 0.2) is 5.69 Å². The van der Waals surface area contributed by atoms with E-state index >= 15 is 0 Å². The van der Waals surface area contributed by atoms with Gasteiger partial charge in [0, 0.05) is 18.5 Å². The summed E-state index contributed by atoms with van der Waals surface area (Å²) in [7, 11) is 0. The molecule has 0 spiro atoms. The maximum Gasteiger partial charge on any atom is 0.297 e. The molecule has 0 amide bonds. The molecule has 0 unspecified atom stereocenters. The van der Waals surface area contributed by atoms with Gasteiger partial charge >= 0.3 is 0 Å². The van der Waals surface area contributed by atoms with Crippen molar-refractivity contribution in [2.45, 2.75) is 0 Å². The molecule has 2 N–H and O–H groups in total. The van der Waals surface area contributed by atoms with E-state index in [1.807, 2.05) is 0 Å². The van der Waals surface area contributed by atoms with Crippen LogP contribution in [0.4, 0.5) is 11.5 Å². The Morgan fingerprint density at radius 2 is 2.12 bits per heavy atom. The van der Waals surface area contributed by atoms with Crippen LogP contribution in [0.1, 0.15) is 0 Å². The van der Waals surface area contributed by atoms with Crippen LogP contribution in [-0.4, -0.2) is 19.9 Å². The van der Waals surface area contributed by atoms with Crippen LogP contribution in [0, 0.1) is 10.1 Å². The molecule has 7 heteroatoms. The monoisotopic (exact) mass is 217 g/mol. The molecule has 0 aliphatic carbocycles. The summed E-state index contributed by atoms with van der Waals surface area (Å²) < 4.78 is 0. The smallest absolute Gasteiger partial charge is 0.297 e. The molecule has 7 nitrogen and oxygen atoms in total. The molecule has 2 rings (SSSR count). The Morgan fingerprint density at radius 3 is 2.75 bits per heavy atom. The normalized spacial score (nSPS) is 10.0. The summed E-state index contributed by atoms with van der Waals surface area (Å²) in [5.74, 6) is 0.200. The quantitative estimate of drug-likeness (QED) is 0.594. The second-order valence-corrected chi connectivity index (χ2v) is 2.95. The van der Waals surface area contributed by atoms with Gasteiger partial charge in [-0.2, -0.15) is 0 Å². The Kier molecular flexibility index (Phi) is 2.42. The van der Waals surface area contributed by atoms with Crippen molar-refractivity contribution in [3.63, 3.8) is 0 Å². The first-order valence-electron chi connectivity index (χ1n) is 4.36. The molecule has 0 atom stereocenters. The lowest BCUT2D eigenvalue weighted by molar-refractivity contribution is -0.384. The molecule has 0 aliphatic rings. The lowest BCUT2D eigenvalue weighted by Crippen LogP contribution is -1.99. The molecule has 0 aromatic carbocycles. The molecule has 0 aliphatic heterocycles. The number of nitrogen functional groups attached to an aromatic ring is 1. The number of pyridine rings is 1. The minimum atomic E-state index is -0.531. The predicted molar refractivity (Wildman–Crippen MR) is 56.3 cm³/mol. The van der Waals surface area contributed by atoms with Crippen molar-refractivity contribution < 1.29 is 4.92 Å². The summed E-state index contributed by atoms with van der Waals surface area (Å²) in [5.41, 5.74) is 5.78. The van der Waals surface area contributed by atoms with Crippen molar-refractivity contribution in [3.05, 3.63) is 40.8 Å². The van der Waals surface area contributed by atoms with E-state index in [4.69, 9.17) is 5.73 Å². The fraction of sp³-hybridized carbons (Fsp3) is 0. The molecular formula is C9H7N5O2. The van der Waals surface area contributed by atoms with Gasteiger partial charge in [-0.3, -0.25) is 20.1 Å². The van der Waals surface area contributed by atoms with Crippen molar-refractivity contribution in [3.8, 4) is 11.4 Å². The lowest BCUT2D eigenvalue weighted by atomic mass is 10.2. The highest BCUT2D eigenvalue weighted by Crippen LogP contribution is 2.26. The first kappa shape index (κ1) is 9.97. The summed E-state index contributed by atoms with van der Waals surface area (Å²) in [6.45, 7) is 0. The van der Waals surface area contributed by atoms with Gasteiger partial charge in [-0.05, 0) is 6.07 Å². The molecule has 80 valence electrons. The Labute approximate surface area is 90.1 Å². The topological polar surface area (TPSA) is 108 Å². The number of rotatable bonds is 2. The molecule has 16 heavy (non-hydrogen) atoms. The summed E-state index contributed by atoms with van der Waals surface area (Å²) in [4.78, 5) is 21.9. The highest BCUT2D eigenvalue weighted by atomic mass is 16.6. The minimum Gasteiger partial charge on any atom is -0.384 e. The van der Waals surface area contributed by atoms with E-state index in [0.717, 1.165) is 0 Å². The number of anilines is 1. The van der Waals surface area contributed by atoms with Gasteiger partial charge in [0.25, 0.3) is 5.69 Å². The third-order valence-electron chi connectivity index (χ3n) is 1.90. The molecule has 2 aromatic heterocycles. The third kappa shape index (κ3) is 1.78. The highest BCUT2D eigenvalue weighted by Gasteiger charge is 2.18. The second-order valence-electron chi connectivity index (χ2n) is 2.95. The Balaban J connectivity index is 2.63. The van der Waals surface area contributed by atoms with E-state index in [2.05, 4.69) is 15.0 Å². The van der Waals surface area contributed by atoms with E-state index in [-0.39, 0.29) is 17.2 Å². The molecule has 0 saturated heterocycles. The minimum absolute atomic E-state index is 0.123. The zero-order valence-electron chi connectivity index (χ0n) is 8.07. The molecule has 0 saturated carbocycles. The molecular weight excluding hydrogens is 210 g/mol. The fourth-order valence-corrected chi connectivity index (χ4v) is 1.22. The van der Waals surface area contributed by atoms with E-state index in [1.54, 1.807) is 0 Å². The number of nitro groups is 1. The van der Waals surface area contributed by atoms with Gasteiger partial charge in [0.1, 0.15) is 11.5 Å². The van der Waals surface area contributed by atoms with Gasteiger partial charge in [0.05, 0.1) is 11.1 Å². The maximum absolute atomic E-state index is 10.8. The third-order valence-corrected chi connectivity index (χ3v) is 1.90. The van der Waals surface area contributed by atoms with Crippen molar-refractivity contribution in [2.24, 2.45) is 0 Å². The molecule has 0 fully saturated rings. The van der Waals surface area contributed by atoms with Gasteiger partial charge in [0.2, 0.25) is 0 Å². The lowest BCUT2D eigenvalue weighted by Gasteiger charge is -2.01. The van der Waals surface area contributed by atoms with Crippen LogP contribution < -0.4 is 5.73 Å². The maximum atomic E-state index is 10.8. The van der Waals surface area contributed by atoms with E-state index < -0.39 is 4.92 Å². The van der Waals surface area contributed by atoms with Crippen LogP contribution in [-0.2, 0) is 0 Å². The summed E-state index contributed by atoms with van der Waals surface area (Å²) in [6, 6.07) is 2.67. The van der Waals surface area contributed by atoms with Crippen LogP contribution in [0.25, 0.3) is 11.4 Å². The summed E-state index contributed by atoms with van der Waals surface area (Å²) >= 11 is 0. The van der Waals surface area contributed by atoms with Crippen molar-refractivity contribution in [1.82, 2.24) is 15.0 Å². The average Bonchev–Trinajstić information content (AvgIpc) is 2.29. The van der Waals surface area contributed by atoms with Crippen LogP contribution in [0.2, 0.25) is 0 Å². The van der Waals surface area contributed by atoms with Crippen LogP contribution >= 0.6 is 0 Å². The number of nitrogens with two attached hydrogens (primary N) is 1. The van der Waals surface area contributed by atoms with Crippen LogP contribution in [0.15, 0.2) is 30.7 Å². The zero-order valence-corrected chi connectivity index (χ0v) is 8.07. The number of hydrogen-bond acceptors (Lipinski definition) is 6. The predicted octanol–water partition coefficient (Wildman–Crippen LogP) is 1.03. The molecule has 2 heterocycles. The van der Waals surface area contributed by atoms with Crippen molar-refractivity contribution in [2.75, 3.05) is 5.73 Å². The van der Waals surface area contributed by atoms with E-state index in [0.29, 0.717) is 5.69 Å². The van der Waals surface area contributed by atoms with Crippen molar-refractivity contribution in [1.29, 1.82) is 0 Å². The molecule has 0 radical (unpaired) electrons. The van der Waals surface area contributed by atoms with Crippen LogP contribution in [0.5, 0.6) is 0 Å². The van der Waals surface area contributed by atoms with Gasteiger partial charge in [-0.1, -0.05) is 0 Å². The zero-order chi connectivity index (χ0) is 11.5. The van der Waals surface area contributed by atoms with Crippen LogP contribution in [0.3, 0.4) is 0 Å². The first-order chi connectivity index (χ1) is 7.68. The molecule has 0 bridgehead atoms. The van der Waals surface area contributed by atoms with E-state index in [9.17, 15) is 10.1 Å². The Morgan fingerprint density at radius 1 is 1.31 bits per heavy atom. The fourth-order valence-electron chi connectivity index (χ4n) is 1.22. The van der Waals surface area contributed by atoms with Gasteiger partial charge in [-0.25, -0.2) is 4.98 Å². The Bertz CT molecular complexity index is 529. The van der Waals surface area contributed by atoms with E-state index in [1.165, 1.54) is 30.7 Å². The number of nitrogens with zero attached hydrogens (tertiary/aromatic N) is 4. The summed E-state index contributed by atoms with van der Waals surface area (Å²) in [6.07, 6.45) is 4.31. The Hall–Kier alpha value is -2.57. The average molecular weight is 217 g/mol. The first-order valence-corrected chi connectivity index (χ1v) is 4.36. The second kappa shape index (κ2) is 3.89. The summed E-state index contributed by atoms with van der Waals surface area (Å²) in [5, 5.41) is 10.8. The molecule has 2 aromatic rings. The highest BCUT2D eigenvalue weighted by molar-refractivity contribution is 5.67. The number of hydrogen-bond donors (Lipinski definition) is 1. The van der Waals surface area contributed by atoms with Crippen molar-refractivity contribution >= 4 is 11.5 Å². The van der Waals surface area contributed by atoms with Gasteiger partial charge < -0.3 is 5.73 Å².